The fourth-order valence-corrected chi connectivity index (χ4v) is 3.98. The summed E-state index contributed by atoms with van der Waals surface area (Å²) < 4.78 is 0. The van der Waals surface area contributed by atoms with Crippen molar-refractivity contribution < 1.29 is 14.4 Å². The van der Waals surface area contributed by atoms with E-state index in [1.807, 2.05) is 43.3 Å². The average molecular weight is 424 g/mol. The summed E-state index contributed by atoms with van der Waals surface area (Å²) in [5, 5.41) is 2.27. The van der Waals surface area contributed by atoms with E-state index in [-0.39, 0.29) is 6.54 Å². The van der Waals surface area contributed by atoms with Gasteiger partial charge >= 0.3 is 0 Å². The molecule has 1 N–H and O–H groups in total. The van der Waals surface area contributed by atoms with Gasteiger partial charge in [-0.2, -0.15) is 0 Å². The molecule has 1 aliphatic heterocycles. The van der Waals surface area contributed by atoms with Gasteiger partial charge in [0.2, 0.25) is 5.91 Å². The van der Waals surface area contributed by atoms with Crippen molar-refractivity contribution in [2.75, 3.05) is 29.9 Å². The molecule has 1 saturated heterocycles. The zero-order chi connectivity index (χ0) is 21.7. The van der Waals surface area contributed by atoms with Crippen LogP contribution in [0.2, 0.25) is 0 Å². The van der Waals surface area contributed by atoms with Crippen molar-refractivity contribution >= 4 is 46.3 Å². The number of nitrogens with zero attached hydrogens (tertiary/aromatic N) is 2. The second-order valence-electron chi connectivity index (χ2n) is 6.95. The van der Waals surface area contributed by atoms with Crippen LogP contribution < -0.4 is 10.2 Å². The number of carbonyl (C=O) groups is 3. The third kappa shape index (κ3) is 5.10. The van der Waals surface area contributed by atoms with Crippen LogP contribution in [0.15, 0.2) is 53.4 Å². The molecule has 1 heterocycles. The molecule has 7 heteroatoms. The summed E-state index contributed by atoms with van der Waals surface area (Å²) in [6.07, 6.45) is 1.69. The minimum absolute atomic E-state index is 0.309. The highest BCUT2D eigenvalue weighted by Gasteiger charge is 2.36. The number of aryl methyl sites for hydroxylation is 1. The Bertz CT molecular complexity index is 964. The lowest BCUT2D eigenvalue weighted by Gasteiger charge is -2.20. The Morgan fingerprint density at radius 2 is 1.67 bits per heavy atom. The Kier molecular flexibility index (Phi) is 6.95. The largest absolute Gasteiger partial charge is 0.372 e. The number of anilines is 2. The van der Waals surface area contributed by atoms with Crippen molar-refractivity contribution in [1.29, 1.82) is 0 Å². The maximum absolute atomic E-state index is 12.6. The van der Waals surface area contributed by atoms with Gasteiger partial charge in [-0.3, -0.25) is 19.3 Å². The molecule has 2 aromatic carbocycles. The highest BCUT2D eigenvalue weighted by molar-refractivity contribution is 8.18. The van der Waals surface area contributed by atoms with E-state index in [1.165, 1.54) is 0 Å². The summed E-state index contributed by atoms with van der Waals surface area (Å²) in [6, 6.07) is 15.2. The highest BCUT2D eigenvalue weighted by atomic mass is 32.2. The lowest BCUT2D eigenvalue weighted by Crippen LogP contribution is -2.36. The normalized spacial score (nSPS) is 15.0. The molecule has 2 aromatic rings. The van der Waals surface area contributed by atoms with E-state index in [9.17, 15) is 14.4 Å². The summed E-state index contributed by atoms with van der Waals surface area (Å²) in [7, 11) is 0. The smallest absolute Gasteiger partial charge is 0.294 e. The second-order valence-corrected chi connectivity index (χ2v) is 7.94. The predicted octanol–water partition coefficient (Wildman–Crippen LogP) is 4.52. The molecule has 0 saturated carbocycles. The number of rotatable bonds is 7. The zero-order valence-electron chi connectivity index (χ0n) is 17.3. The van der Waals surface area contributed by atoms with Gasteiger partial charge in [-0.05, 0) is 68.4 Å². The molecule has 0 atom stereocenters. The molecular weight excluding hydrogens is 398 g/mol. The minimum atomic E-state index is -0.447. The van der Waals surface area contributed by atoms with E-state index in [4.69, 9.17) is 0 Å². The number of amides is 3. The third-order valence-corrected chi connectivity index (χ3v) is 5.74. The van der Waals surface area contributed by atoms with Crippen LogP contribution in [0.5, 0.6) is 0 Å². The van der Waals surface area contributed by atoms with Crippen LogP contribution in [0.25, 0.3) is 6.08 Å². The van der Waals surface area contributed by atoms with Crippen molar-refractivity contribution in [1.82, 2.24) is 4.90 Å². The number of hydrogen-bond donors (Lipinski definition) is 1. The van der Waals surface area contributed by atoms with E-state index < -0.39 is 17.1 Å². The lowest BCUT2D eigenvalue weighted by molar-refractivity contribution is -0.127. The van der Waals surface area contributed by atoms with E-state index in [1.54, 1.807) is 18.2 Å². The standard InChI is InChI=1S/C23H25N3O3S/c1-4-25(5-2)19-12-8-17(9-13-19)14-20-22(28)26(23(29)30-20)15-21(27)24-18-10-6-16(3)7-11-18/h6-14H,4-5,15H2,1-3H3,(H,24,27)/b20-14-. The van der Waals surface area contributed by atoms with Crippen LogP contribution in [-0.4, -0.2) is 41.6 Å². The van der Waals surface area contributed by atoms with Gasteiger partial charge in [0.25, 0.3) is 11.1 Å². The topological polar surface area (TPSA) is 69.7 Å². The summed E-state index contributed by atoms with van der Waals surface area (Å²) in [5.74, 6) is -0.858. The molecule has 1 fully saturated rings. The summed E-state index contributed by atoms with van der Waals surface area (Å²) >= 11 is 0.855. The van der Waals surface area contributed by atoms with Crippen LogP contribution in [0.4, 0.5) is 16.2 Å². The zero-order valence-corrected chi connectivity index (χ0v) is 18.2. The fourth-order valence-electron chi connectivity index (χ4n) is 3.14. The van der Waals surface area contributed by atoms with Crippen molar-refractivity contribution in [3.05, 3.63) is 64.6 Å². The van der Waals surface area contributed by atoms with Gasteiger partial charge in [-0.25, -0.2) is 0 Å². The van der Waals surface area contributed by atoms with Crippen LogP contribution >= 0.6 is 11.8 Å². The Morgan fingerprint density at radius 1 is 1.03 bits per heavy atom. The van der Waals surface area contributed by atoms with Gasteiger partial charge in [-0.15, -0.1) is 0 Å². The molecular formula is C23H25N3O3S. The van der Waals surface area contributed by atoms with E-state index >= 15 is 0 Å². The molecule has 0 spiro atoms. The molecule has 30 heavy (non-hydrogen) atoms. The van der Waals surface area contributed by atoms with Gasteiger partial charge in [0.15, 0.2) is 0 Å². The first-order valence-electron chi connectivity index (χ1n) is 9.88. The Balaban J connectivity index is 1.66. The molecule has 156 valence electrons. The van der Waals surface area contributed by atoms with E-state index in [2.05, 4.69) is 24.1 Å². The van der Waals surface area contributed by atoms with Crippen LogP contribution in [0.1, 0.15) is 25.0 Å². The predicted molar refractivity (Wildman–Crippen MR) is 122 cm³/mol. The maximum atomic E-state index is 12.6. The molecule has 0 unspecified atom stereocenters. The van der Waals surface area contributed by atoms with Crippen molar-refractivity contribution in [2.24, 2.45) is 0 Å². The lowest BCUT2D eigenvalue weighted by atomic mass is 10.1. The fraction of sp³-hybridized carbons (Fsp3) is 0.261. The Hall–Kier alpha value is -3.06. The number of thioether (sulfide) groups is 1. The molecule has 0 aromatic heterocycles. The molecule has 0 radical (unpaired) electrons. The van der Waals surface area contributed by atoms with Crippen LogP contribution in [-0.2, 0) is 9.59 Å². The monoisotopic (exact) mass is 423 g/mol. The average Bonchev–Trinajstić information content (AvgIpc) is 2.99. The quantitative estimate of drug-likeness (QED) is 0.663. The summed E-state index contributed by atoms with van der Waals surface area (Å²) in [6.45, 7) is 7.68. The number of hydrogen-bond acceptors (Lipinski definition) is 5. The summed E-state index contributed by atoms with van der Waals surface area (Å²) in [5.41, 5.74) is 3.65. The van der Waals surface area contributed by atoms with Crippen molar-refractivity contribution in [2.45, 2.75) is 20.8 Å². The SMILES string of the molecule is CCN(CC)c1ccc(/C=C2\SC(=O)N(CC(=O)Nc3ccc(C)cc3)C2=O)cc1. The van der Waals surface area contributed by atoms with Crippen LogP contribution in [0, 0.1) is 6.92 Å². The van der Waals surface area contributed by atoms with Gasteiger partial charge in [0.1, 0.15) is 6.54 Å². The van der Waals surface area contributed by atoms with E-state index in [0.717, 1.165) is 46.6 Å². The first-order valence-corrected chi connectivity index (χ1v) is 10.7. The molecule has 0 bridgehead atoms. The number of benzene rings is 2. The second kappa shape index (κ2) is 9.63. The van der Waals surface area contributed by atoms with Crippen LogP contribution in [0.3, 0.4) is 0 Å². The minimum Gasteiger partial charge on any atom is -0.372 e. The Labute approximate surface area is 180 Å². The molecule has 3 rings (SSSR count). The van der Waals surface area contributed by atoms with Gasteiger partial charge in [0.05, 0.1) is 4.91 Å². The van der Waals surface area contributed by atoms with Gasteiger partial charge < -0.3 is 10.2 Å². The number of imide groups is 1. The van der Waals surface area contributed by atoms with Gasteiger partial charge in [-0.1, -0.05) is 29.8 Å². The van der Waals surface area contributed by atoms with Crippen molar-refractivity contribution in [3.63, 3.8) is 0 Å². The first-order chi connectivity index (χ1) is 14.4. The highest BCUT2D eigenvalue weighted by Crippen LogP contribution is 2.32. The molecule has 3 amide bonds. The number of carbonyl (C=O) groups excluding carboxylic acids is 3. The molecule has 6 nitrogen and oxygen atoms in total. The van der Waals surface area contributed by atoms with E-state index in [0.29, 0.717) is 10.6 Å². The third-order valence-electron chi connectivity index (χ3n) is 4.83. The maximum Gasteiger partial charge on any atom is 0.294 e. The molecule has 0 aliphatic carbocycles. The van der Waals surface area contributed by atoms with Crippen molar-refractivity contribution in [3.8, 4) is 0 Å². The summed E-state index contributed by atoms with van der Waals surface area (Å²) in [4.78, 5) is 40.7. The van der Waals surface area contributed by atoms with Gasteiger partial charge in [0, 0.05) is 24.5 Å². The number of nitrogens with one attached hydrogen (secondary N) is 1. The molecule has 1 aliphatic rings. The first kappa shape index (κ1) is 21.6. The Morgan fingerprint density at radius 3 is 2.27 bits per heavy atom.